The molecule has 0 radical (unpaired) electrons. The lowest BCUT2D eigenvalue weighted by molar-refractivity contribution is -0.0945. The summed E-state index contributed by atoms with van der Waals surface area (Å²) in [6.45, 7) is 12.0. The fourth-order valence-corrected chi connectivity index (χ4v) is 2.27. The highest BCUT2D eigenvalue weighted by molar-refractivity contribution is 4.87. The SMILES string of the molecule is CC1COC(CN(C)C)CN1C(C)(C)C. The number of likely N-dealkylation sites (N-methyl/N-ethyl adjacent to an activating group) is 1. The van der Waals surface area contributed by atoms with Gasteiger partial charge in [-0.05, 0) is 41.8 Å². The van der Waals surface area contributed by atoms with Gasteiger partial charge in [0.15, 0.2) is 0 Å². The van der Waals surface area contributed by atoms with E-state index in [1.54, 1.807) is 0 Å². The summed E-state index contributed by atoms with van der Waals surface area (Å²) in [5.74, 6) is 0. The average Bonchev–Trinajstić information content (AvgIpc) is 2.05. The standard InChI is InChI=1S/C12H26N2O/c1-10-9-15-11(7-13(5)6)8-14(10)12(2,3)4/h10-11H,7-9H2,1-6H3. The first-order valence-corrected chi connectivity index (χ1v) is 5.84. The van der Waals surface area contributed by atoms with Crippen molar-refractivity contribution in [2.45, 2.75) is 45.4 Å². The van der Waals surface area contributed by atoms with Crippen LogP contribution in [0, 0.1) is 0 Å². The third-order valence-electron chi connectivity index (χ3n) is 2.94. The highest BCUT2D eigenvalue weighted by atomic mass is 16.5. The Bertz CT molecular complexity index is 198. The summed E-state index contributed by atoms with van der Waals surface area (Å²) >= 11 is 0. The second-order valence-electron chi connectivity index (χ2n) is 5.89. The van der Waals surface area contributed by atoms with E-state index in [0.717, 1.165) is 19.7 Å². The van der Waals surface area contributed by atoms with Crippen molar-refractivity contribution in [3.8, 4) is 0 Å². The molecule has 1 rings (SSSR count). The van der Waals surface area contributed by atoms with E-state index in [1.165, 1.54) is 0 Å². The molecule has 2 atom stereocenters. The lowest BCUT2D eigenvalue weighted by atomic mass is 10.0. The summed E-state index contributed by atoms with van der Waals surface area (Å²) in [4.78, 5) is 4.74. The Morgan fingerprint density at radius 1 is 1.33 bits per heavy atom. The van der Waals surface area contributed by atoms with Crippen molar-refractivity contribution in [1.29, 1.82) is 0 Å². The molecular weight excluding hydrogens is 188 g/mol. The van der Waals surface area contributed by atoms with Gasteiger partial charge in [0, 0.05) is 24.7 Å². The summed E-state index contributed by atoms with van der Waals surface area (Å²) < 4.78 is 5.84. The Balaban J connectivity index is 2.56. The summed E-state index contributed by atoms with van der Waals surface area (Å²) in [5.41, 5.74) is 0.244. The fraction of sp³-hybridized carbons (Fsp3) is 1.00. The Kier molecular flexibility index (Phi) is 4.15. The van der Waals surface area contributed by atoms with Crippen LogP contribution in [0.15, 0.2) is 0 Å². The second kappa shape index (κ2) is 4.81. The van der Waals surface area contributed by atoms with E-state index in [1.807, 2.05) is 0 Å². The van der Waals surface area contributed by atoms with Crippen LogP contribution >= 0.6 is 0 Å². The first-order chi connectivity index (χ1) is 6.80. The maximum absolute atomic E-state index is 5.84. The Hall–Kier alpha value is -0.120. The molecule has 2 unspecified atom stereocenters. The zero-order valence-electron chi connectivity index (χ0n) is 11.1. The van der Waals surface area contributed by atoms with Crippen LogP contribution in [0.2, 0.25) is 0 Å². The van der Waals surface area contributed by atoms with Crippen molar-refractivity contribution in [2.75, 3.05) is 33.8 Å². The van der Waals surface area contributed by atoms with E-state index in [0.29, 0.717) is 12.1 Å². The van der Waals surface area contributed by atoms with E-state index < -0.39 is 0 Å². The fourth-order valence-electron chi connectivity index (χ4n) is 2.27. The van der Waals surface area contributed by atoms with Gasteiger partial charge in [-0.25, -0.2) is 0 Å². The van der Waals surface area contributed by atoms with Gasteiger partial charge < -0.3 is 9.64 Å². The molecule has 0 spiro atoms. The van der Waals surface area contributed by atoms with Gasteiger partial charge in [-0.2, -0.15) is 0 Å². The molecular formula is C12H26N2O. The number of morpholine rings is 1. The third-order valence-corrected chi connectivity index (χ3v) is 2.94. The second-order valence-corrected chi connectivity index (χ2v) is 5.89. The van der Waals surface area contributed by atoms with Gasteiger partial charge >= 0.3 is 0 Å². The molecule has 1 aliphatic heterocycles. The van der Waals surface area contributed by atoms with Crippen LogP contribution in [-0.2, 0) is 4.74 Å². The van der Waals surface area contributed by atoms with Gasteiger partial charge in [0.1, 0.15) is 0 Å². The van der Waals surface area contributed by atoms with Crippen LogP contribution in [0.1, 0.15) is 27.7 Å². The van der Waals surface area contributed by atoms with E-state index in [-0.39, 0.29) is 5.54 Å². The first kappa shape index (κ1) is 12.9. The minimum atomic E-state index is 0.244. The number of hydrogen-bond acceptors (Lipinski definition) is 3. The molecule has 0 saturated carbocycles. The molecule has 0 aromatic rings. The van der Waals surface area contributed by atoms with Gasteiger partial charge in [-0.3, -0.25) is 4.90 Å². The molecule has 0 aromatic carbocycles. The maximum Gasteiger partial charge on any atom is 0.0829 e. The Morgan fingerprint density at radius 3 is 2.40 bits per heavy atom. The molecule has 0 amide bonds. The van der Waals surface area contributed by atoms with Crippen LogP contribution in [0.25, 0.3) is 0 Å². The van der Waals surface area contributed by atoms with Crippen LogP contribution < -0.4 is 0 Å². The van der Waals surface area contributed by atoms with Crippen LogP contribution in [0.3, 0.4) is 0 Å². The Labute approximate surface area is 94.4 Å². The van der Waals surface area contributed by atoms with Crippen LogP contribution in [0.5, 0.6) is 0 Å². The minimum Gasteiger partial charge on any atom is -0.374 e. The average molecular weight is 214 g/mol. The lowest BCUT2D eigenvalue weighted by Crippen LogP contribution is -2.57. The normalized spacial score (nSPS) is 29.8. The van der Waals surface area contributed by atoms with Crippen molar-refractivity contribution in [1.82, 2.24) is 9.80 Å². The molecule has 0 aliphatic carbocycles. The summed E-state index contributed by atoms with van der Waals surface area (Å²) in [5, 5.41) is 0. The molecule has 0 aromatic heterocycles. The van der Waals surface area contributed by atoms with Crippen molar-refractivity contribution in [2.24, 2.45) is 0 Å². The summed E-state index contributed by atoms with van der Waals surface area (Å²) in [6, 6.07) is 0.531. The molecule has 0 bridgehead atoms. The largest absolute Gasteiger partial charge is 0.374 e. The number of ether oxygens (including phenoxy) is 1. The lowest BCUT2D eigenvalue weighted by Gasteiger charge is -2.46. The van der Waals surface area contributed by atoms with E-state index in [2.05, 4.69) is 51.6 Å². The van der Waals surface area contributed by atoms with Crippen molar-refractivity contribution >= 4 is 0 Å². The third kappa shape index (κ3) is 3.74. The predicted octanol–water partition coefficient (Wildman–Crippen LogP) is 1.44. The smallest absolute Gasteiger partial charge is 0.0829 e. The van der Waals surface area contributed by atoms with Crippen LogP contribution in [-0.4, -0.2) is 61.3 Å². The zero-order valence-corrected chi connectivity index (χ0v) is 11.1. The maximum atomic E-state index is 5.84. The number of rotatable bonds is 2. The quantitative estimate of drug-likeness (QED) is 0.692. The van der Waals surface area contributed by atoms with Gasteiger partial charge in [-0.1, -0.05) is 0 Å². The summed E-state index contributed by atoms with van der Waals surface area (Å²) in [6.07, 6.45) is 0.357. The minimum absolute atomic E-state index is 0.244. The number of hydrogen-bond donors (Lipinski definition) is 0. The van der Waals surface area contributed by atoms with Crippen molar-refractivity contribution in [3.05, 3.63) is 0 Å². The highest BCUT2D eigenvalue weighted by Gasteiger charge is 2.33. The molecule has 1 heterocycles. The molecule has 3 heteroatoms. The number of nitrogens with zero attached hydrogens (tertiary/aromatic N) is 2. The summed E-state index contributed by atoms with van der Waals surface area (Å²) in [7, 11) is 4.20. The Morgan fingerprint density at radius 2 is 1.93 bits per heavy atom. The van der Waals surface area contributed by atoms with Gasteiger partial charge in [0.2, 0.25) is 0 Å². The monoisotopic (exact) mass is 214 g/mol. The van der Waals surface area contributed by atoms with Crippen molar-refractivity contribution in [3.63, 3.8) is 0 Å². The van der Waals surface area contributed by atoms with E-state index in [4.69, 9.17) is 4.74 Å². The van der Waals surface area contributed by atoms with Gasteiger partial charge in [0.05, 0.1) is 12.7 Å². The molecule has 0 N–H and O–H groups in total. The van der Waals surface area contributed by atoms with E-state index >= 15 is 0 Å². The topological polar surface area (TPSA) is 15.7 Å². The van der Waals surface area contributed by atoms with Gasteiger partial charge in [0.25, 0.3) is 0 Å². The highest BCUT2D eigenvalue weighted by Crippen LogP contribution is 2.22. The molecule has 90 valence electrons. The van der Waals surface area contributed by atoms with Crippen LogP contribution in [0.4, 0.5) is 0 Å². The van der Waals surface area contributed by atoms with E-state index in [9.17, 15) is 0 Å². The molecule has 1 aliphatic rings. The van der Waals surface area contributed by atoms with Crippen molar-refractivity contribution < 1.29 is 4.74 Å². The molecule has 3 nitrogen and oxygen atoms in total. The molecule has 1 saturated heterocycles. The van der Waals surface area contributed by atoms with Gasteiger partial charge in [-0.15, -0.1) is 0 Å². The first-order valence-electron chi connectivity index (χ1n) is 5.84. The zero-order chi connectivity index (χ0) is 11.6. The molecule has 15 heavy (non-hydrogen) atoms. The predicted molar refractivity (Wildman–Crippen MR) is 64.2 cm³/mol. The molecule has 1 fully saturated rings.